The molecule has 0 spiro atoms. The smallest absolute Gasteiger partial charge is 0.128 e. The molecule has 3 rings (SSSR count). The lowest BCUT2D eigenvalue weighted by molar-refractivity contribution is 0.975. The van der Waals surface area contributed by atoms with Crippen LogP contribution in [0.25, 0.3) is 0 Å². The second-order valence-corrected chi connectivity index (χ2v) is 7.51. The number of nitrogen functional groups attached to an aromatic ring is 1. The summed E-state index contributed by atoms with van der Waals surface area (Å²) in [5.74, 6) is 0. The predicted octanol–water partition coefficient (Wildman–Crippen LogP) is 5.67. The van der Waals surface area contributed by atoms with Gasteiger partial charge in [0.1, 0.15) is 16.4 Å². The molecule has 0 aliphatic rings. The second kappa shape index (κ2) is 7.45. The minimum Gasteiger partial charge on any atom is -0.394 e. The first-order valence-electron chi connectivity index (χ1n) is 6.59. The second-order valence-electron chi connectivity index (χ2n) is 4.51. The van der Waals surface area contributed by atoms with E-state index in [1.807, 2.05) is 48.5 Å². The van der Waals surface area contributed by atoms with E-state index in [0.717, 1.165) is 19.8 Å². The molecule has 2 aromatic carbocycles. The standard InChI is InChI=1S/C16H11Cl2N3S2/c17-10-1-5-12(6-2-10)22-15-14(19)16(21-9-20-15)23-13-7-3-11(18)4-8-13/h1-9H,19H2. The number of anilines is 1. The molecule has 0 bridgehead atoms. The van der Waals surface area contributed by atoms with E-state index in [2.05, 4.69) is 9.97 Å². The summed E-state index contributed by atoms with van der Waals surface area (Å²) in [5, 5.41) is 2.84. The number of aromatic nitrogens is 2. The summed E-state index contributed by atoms with van der Waals surface area (Å²) in [6.07, 6.45) is 1.52. The molecule has 0 radical (unpaired) electrons. The van der Waals surface area contributed by atoms with Crippen LogP contribution in [0.15, 0.2) is 74.7 Å². The molecule has 7 heteroatoms. The van der Waals surface area contributed by atoms with Gasteiger partial charge in [0, 0.05) is 19.8 Å². The fourth-order valence-electron chi connectivity index (χ4n) is 1.76. The molecule has 0 amide bonds. The summed E-state index contributed by atoms with van der Waals surface area (Å²) in [7, 11) is 0. The predicted molar refractivity (Wildman–Crippen MR) is 97.6 cm³/mol. The number of rotatable bonds is 4. The Kier molecular flexibility index (Phi) is 5.33. The Bertz CT molecular complexity index is 743. The molecule has 0 saturated carbocycles. The van der Waals surface area contributed by atoms with E-state index in [-0.39, 0.29) is 0 Å². The number of nitrogens with zero attached hydrogens (tertiary/aromatic N) is 2. The molecule has 3 nitrogen and oxygen atoms in total. The first kappa shape index (κ1) is 16.5. The molecule has 1 aromatic heterocycles. The summed E-state index contributed by atoms with van der Waals surface area (Å²) in [6, 6.07) is 15.1. The maximum Gasteiger partial charge on any atom is 0.128 e. The lowest BCUT2D eigenvalue weighted by Crippen LogP contribution is -1.97. The highest BCUT2D eigenvalue weighted by molar-refractivity contribution is 8.00. The molecule has 0 atom stereocenters. The van der Waals surface area contributed by atoms with E-state index in [1.54, 1.807) is 0 Å². The van der Waals surface area contributed by atoms with Crippen LogP contribution in [-0.4, -0.2) is 9.97 Å². The summed E-state index contributed by atoms with van der Waals surface area (Å²) >= 11 is 14.8. The number of hydrogen-bond acceptors (Lipinski definition) is 5. The van der Waals surface area contributed by atoms with Crippen molar-refractivity contribution in [3.63, 3.8) is 0 Å². The summed E-state index contributed by atoms with van der Waals surface area (Å²) in [4.78, 5) is 10.6. The highest BCUT2D eigenvalue weighted by Crippen LogP contribution is 2.37. The summed E-state index contributed by atoms with van der Waals surface area (Å²) in [5.41, 5.74) is 6.78. The Morgan fingerprint density at radius 3 is 1.48 bits per heavy atom. The zero-order valence-electron chi connectivity index (χ0n) is 11.7. The van der Waals surface area contributed by atoms with Crippen molar-refractivity contribution in [1.29, 1.82) is 0 Å². The van der Waals surface area contributed by atoms with Gasteiger partial charge in [-0.2, -0.15) is 0 Å². The number of nitrogens with two attached hydrogens (primary N) is 1. The Morgan fingerprint density at radius 2 is 1.09 bits per heavy atom. The lowest BCUT2D eigenvalue weighted by atomic mass is 10.4. The Hall–Kier alpha value is -1.40. The van der Waals surface area contributed by atoms with Crippen LogP contribution in [0.3, 0.4) is 0 Å². The van der Waals surface area contributed by atoms with Crippen molar-refractivity contribution in [3.05, 3.63) is 64.9 Å². The van der Waals surface area contributed by atoms with Crippen molar-refractivity contribution < 1.29 is 0 Å². The van der Waals surface area contributed by atoms with Crippen LogP contribution in [-0.2, 0) is 0 Å². The van der Waals surface area contributed by atoms with Gasteiger partial charge in [-0.15, -0.1) is 0 Å². The van der Waals surface area contributed by atoms with E-state index in [4.69, 9.17) is 28.9 Å². The maximum atomic E-state index is 6.22. The zero-order valence-corrected chi connectivity index (χ0v) is 14.9. The molecule has 0 aliphatic carbocycles. The van der Waals surface area contributed by atoms with Crippen LogP contribution in [0.2, 0.25) is 10.0 Å². The highest BCUT2D eigenvalue weighted by Gasteiger charge is 2.11. The van der Waals surface area contributed by atoms with Gasteiger partial charge in [0.2, 0.25) is 0 Å². The molecule has 0 unspecified atom stereocenters. The van der Waals surface area contributed by atoms with Crippen molar-refractivity contribution in [2.45, 2.75) is 19.8 Å². The third-order valence-corrected chi connectivity index (χ3v) is 5.42. The minimum absolute atomic E-state index is 0.562. The fourth-order valence-corrected chi connectivity index (χ4v) is 3.68. The van der Waals surface area contributed by atoms with Gasteiger partial charge < -0.3 is 5.73 Å². The average Bonchev–Trinajstić information content (AvgIpc) is 2.55. The quantitative estimate of drug-likeness (QED) is 0.591. The van der Waals surface area contributed by atoms with E-state index in [1.165, 1.54) is 29.9 Å². The third kappa shape index (κ3) is 4.32. The van der Waals surface area contributed by atoms with Crippen LogP contribution in [0, 0.1) is 0 Å². The molecular weight excluding hydrogens is 369 g/mol. The third-order valence-electron chi connectivity index (χ3n) is 2.87. The zero-order chi connectivity index (χ0) is 16.2. The van der Waals surface area contributed by atoms with Crippen molar-refractivity contribution in [3.8, 4) is 0 Å². The van der Waals surface area contributed by atoms with Crippen molar-refractivity contribution in [2.75, 3.05) is 5.73 Å². The van der Waals surface area contributed by atoms with Gasteiger partial charge in [0.25, 0.3) is 0 Å². The minimum atomic E-state index is 0.562. The van der Waals surface area contributed by atoms with Crippen LogP contribution >= 0.6 is 46.7 Å². The molecule has 1 heterocycles. The summed E-state index contributed by atoms with van der Waals surface area (Å²) in [6.45, 7) is 0. The van der Waals surface area contributed by atoms with Gasteiger partial charge in [-0.05, 0) is 48.5 Å². The Morgan fingerprint density at radius 1 is 0.696 bits per heavy atom. The topological polar surface area (TPSA) is 51.8 Å². The van der Waals surface area contributed by atoms with Gasteiger partial charge >= 0.3 is 0 Å². The fraction of sp³-hybridized carbons (Fsp3) is 0. The van der Waals surface area contributed by atoms with E-state index >= 15 is 0 Å². The molecule has 0 fully saturated rings. The first-order chi connectivity index (χ1) is 11.1. The molecular formula is C16H11Cl2N3S2. The van der Waals surface area contributed by atoms with Crippen molar-refractivity contribution in [1.82, 2.24) is 9.97 Å². The van der Waals surface area contributed by atoms with Gasteiger partial charge in [0.05, 0.1) is 5.69 Å². The van der Waals surface area contributed by atoms with Crippen LogP contribution in [0.1, 0.15) is 0 Å². The molecule has 2 N–H and O–H groups in total. The molecule has 0 aliphatic heterocycles. The van der Waals surface area contributed by atoms with E-state index < -0.39 is 0 Å². The molecule has 23 heavy (non-hydrogen) atoms. The van der Waals surface area contributed by atoms with E-state index in [9.17, 15) is 0 Å². The molecule has 116 valence electrons. The van der Waals surface area contributed by atoms with Crippen molar-refractivity contribution in [2.24, 2.45) is 0 Å². The lowest BCUT2D eigenvalue weighted by Gasteiger charge is -2.08. The molecule has 3 aromatic rings. The van der Waals surface area contributed by atoms with Gasteiger partial charge in [0.15, 0.2) is 0 Å². The summed E-state index contributed by atoms with van der Waals surface area (Å²) < 4.78 is 0. The number of halogens is 2. The average molecular weight is 380 g/mol. The number of benzene rings is 2. The normalized spacial score (nSPS) is 10.7. The monoisotopic (exact) mass is 379 g/mol. The SMILES string of the molecule is Nc1c(Sc2ccc(Cl)cc2)ncnc1Sc1ccc(Cl)cc1. The number of hydrogen-bond donors (Lipinski definition) is 1. The van der Waals surface area contributed by atoms with Crippen LogP contribution < -0.4 is 5.73 Å². The van der Waals surface area contributed by atoms with Crippen LogP contribution in [0.5, 0.6) is 0 Å². The van der Waals surface area contributed by atoms with Gasteiger partial charge in [-0.25, -0.2) is 9.97 Å². The highest BCUT2D eigenvalue weighted by atomic mass is 35.5. The largest absolute Gasteiger partial charge is 0.394 e. The van der Waals surface area contributed by atoms with Gasteiger partial charge in [-0.3, -0.25) is 0 Å². The molecule has 0 saturated heterocycles. The Labute approximate surface area is 152 Å². The van der Waals surface area contributed by atoms with Gasteiger partial charge in [-0.1, -0.05) is 46.7 Å². The van der Waals surface area contributed by atoms with Crippen LogP contribution in [0.4, 0.5) is 5.69 Å². The van der Waals surface area contributed by atoms with E-state index in [0.29, 0.717) is 15.7 Å². The van der Waals surface area contributed by atoms with Crippen molar-refractivity contribution >= 4 is 52.4 Å². The first-order valence-corrected chi connectivity index (χ1v) is 8.98. The Balaban J connectivity index is 1.83. The maximum absolute atomic E-state index is 6.22.